The Kier molecular flexibility index (Phi) is 4.31. The van der Waals surface area contributed by atoms with Crippen LogP contribution >= 0.6 is 11.6 Å². The quantitative estimate of drug-likeness (QED) is 0.682. The van der Waals surface area contributed by atoms with Gasteiger partial charge in [0.15, 0.2) is 5.78 Å². The van der Waals surface area contributed by atoms with Crippen LogP contribution in [0.25, 0.3) is 0 Å². The highest BCUT2D eigenvalue weighted by Gasteiger charge is 2.09. The summed E-state index contributed by atoms with van der Waals surface area (Å²) in [5.74, 6) is 1.34. The average molecular weight is 325 g/mol. The van der Waals surface area contributed by atoms with Crippen molar-refractivity contribution in [2.75, 3.05) is 0 Å². The fraction of sp³-hybridized carbons (Fsp3) is 0. The van der Waals surface area contributed by atoms with Gasteiger partial charge in [0.1, 0.15) is 17.2 Å². The summed E-state index contributed by atoms with van der Waals surface area (Å²) >= 11 is 5.83. The summed E-state index contributed by atoms with van der Waals surface area (Å²) < 4.78 is 5.65. The molecule has 0 bridgehead atoms. The molecule has 0 radical (unpaired) electrons. The minimum Gasteiger partial charge on any atom is -0.508 e. The first kappa shape index (κ1) is 15.1. The molecule has 0 unspecified atom stereocenters. The minimum atomic E-state index is -0.0714. The van der Waals surface area contributed by atoms with Crippen LogP contribution in [-0.4, -0.2) is 10.9 Å². The van der Waals surface area contributed by atoms with E-state index in [-0.39, 0.29) is 11.5 Å². The Morgan fingerprint density at radius 2 is 1.17 bits per heavy atom. The molecule has 0 aliphatic carbocycles. The maximum Gasteiger partial charge on any atom is 0.193 e. The van der Waals surface area contributed by atoms with Gasteiger partial charge < -0.3 is 9.84 Å². The topological polar surface area (TPSA) is 46.5 Å². The lowest BCUT2D eigenvalue weighted by Crippen LogP contribution is -2.00. The van der Waals surface area contributed by atoms with Gasteiger partial charge in [0.25, 0.3) is 0 Å². The van der Waals surface area contributed by atoms with Crippen LogP contribution in [0.1, 0.15) is 15.9 Å². The second-order valence-electron chi connectivity index (χ2n) is 4.96. The van der Waals surface area contributed by atoms with Crippen LogP contribution in [0.15, 0.2) is 72.8 Å². The molecule has 0 fully saturated rings. The maximum absolute atomic E-state index is 12.4. The van der Waals surface area contributed by atoms with Crippen molar-refractivity contribution in [3.63, 3.8) is 0 Å². The number of halogens is 1. The Morgan fingerprint density at radius 1 is 0.739 bits per heavy atom. The van der Waals surface area contributed by atoms with Crippen molar-refractivity contribution in [1.29, 1.82) is 0 Å². The number of hydrogen-bond acceptors (Lipinski definition) is 3. The van der Waals surface area contributed by atoms with Crippen LogP contribution in [0.4, 0.5) is 0 Å². The molecule has 3 aromatic rings. The zero-order chi connectivity index (χ0) is 16.2. The number of benzene rings is 3. The van der Waals surface area contributed by atoms with Crippen LogP contribution in [0.3, 0.4) is 0 Å². The first-order valence-electron chi connectivity index (χ1n) is 6.99. The van der Waals surface area contributed by atoms with Crippen molar-refractivity contribution in [2.45, 2.75) is 0 Å². The number of ketones is 1. The third kappa shape index (κ3) is 3.71. The molecule has 0 saturated heterocycles. The lowest BCUT2D eigenvalue weighted by molar-refractivity contribution is 0.103. The Balaban J connectivity index is 1.75. The van der Waals surface area contributed by atoms with Gasteiger partial charge in [0, 0.05) is 16.1 Å². The Morgan fingerprint density at radius 3 is 1.70 bits per heavy atom. The van der Waals surface area contributed by atoms with Crippen LogP contribution in [0.5, 0.6) is 17.2 Å². The minimum absolute atomic E-state index is 0.0714. The molecule has 0 amide bonds. The van der Waals surface area contributed by atoms with E-state index in [1.54, 1.807) is 72.8 Å². The lowest BCUT2D eigenvalue weighted by Gasteiger charge is -2.07. The standard InChI is InChI=1S/C19H13ClO3/c20-15-5-1-13(2-6-15)19(22)14-3-9-17(10-4-14)23-18-11-7-16(21)8-12-18/h1-12,21H. The van der Waals surface area contributed by atoms with Gasteiger partial charge in [-0.15, -0.1) is 0 Å². The molecule has 23 heavy (non-hydrogen) atoms. The number of aromatic hydroxyl groups is 1. The predicted octanol–water partition coefficient (Wildman–Crippen LogP) is 5.07. The molecule has 3 aromatic carbocycles. The van der Waals surface area contributed by atoms with E-state index in [4.69, 9.17) is 16.3 Å². The summed E-state index contributed by atoms with van der Waals surface area (Å²) in [6.45, 7) is 0. The molecule has 0 aromatic heterocycles. The van der Waals surface area contributed by atoms with E-state index in [0.717, 1.165) is 0 Å². The number of ether oxygens (including phenoxy) is 1. The monoisotopic (exact) mass is 324 g/mol. The van der Waals surface area contributed by atoms with Crippen molar-refractivity contribution in [1.82, 2.24) is 0 Å². The van der Waals surface area contributed by atoms with Gasteiger partial charge in [0.05, 0.1) is 0 Å². The molecule has 3 rings (SSSR count). The highest BCUT2D eigenvalue weighted by atomic mass is 35.5. The Labute approximate surface area is 138 Å². The molecular formula is C19H13ClO3. The van der Waals surface area contributed by atoms with Crippen molar-refractivity contribution < 1.29 is 14.6 Å². The molecule has 4 heteroatoms. The van der Waals surface area contributed by atoms with Gasteiger partial charge >= 0.3 is 0 Å². The fourth-order valence-electron chi connectivity index (χ4n) is 2.09. The van der Waals surface area contributed by atoms with Gasteiger partial charge in [-0.25, -0.2) is 0 Å². The second kappa shape index (κ2) is 6.55. The highest BCUT2D eigenvalue weighted by Crippen LogP contribution is 2.24. The van der Waals surface area contributed by atoms with Crippen molar-refractivity contribution in [2.24, 2.45) is 0 Å². The SMILES string of the molecule is O=C(c1ccc(Cl)cc1)c1ccc(Oc2ccc(O)cc2)cc1. The van der Waals surface area contributed by atoms with Gasteiger partial charge in [0.2, 0.25) is 0 Å². The average Bonchev–Trinajstić information content (AvgIpc) is 2.58. The summed E-state index contributed by atoms with van der Waals surface area (Å²) in [5, 5.41) is 9.84. The van der Waals surface area contributed by atoms with Gasteiger partial charge in [-0.05, 0) is 72.8 Å². The zero-order valence-electron chi connectivity index (χ0n) is 12.1. The smallest absolute Gasteiger partial charge is 0.193 e. The first-order chi connectivity index (χ1) is 11.1. The summed E-state index contributed by atoms with van der Waals surface area (Å²) in [4.78, 5) is 12.4. The normalized spacial score (nSPS) is 10.3. The van der Waals surface area contributed by atoms with Crippen LogP contribution in [0, 0.1) is 0 Å². The summed E-state index contributed by atoms with van der Waals surface area (Å²) in [5.41, 5.74) is 1.16. The number of phenols is 1. The van der Waals surface area contributed by atoms with E-state index in [1.165, 1.54) is 0 Å². The largest absolute Gasteiger partial charge is 0.508 e. The molecule has 1 N–H and O–H groups in total. The maximum atomic E-state index is 12.4. The van der Waals surface area contributed by atoms with Crippen molar-refractivity contribution in [3.8, 4) is 17.2 Å². The number of carbonyl (C=O) groups excluding carboxylic acids is 1. The van der Waals surface area contributed by atoms with Gasteiger partial charge in [-0.2, -0.15) is 0 Å². The fourth-order valence-corrected chi connectivity index (χ4v) is 2.22. The molecule has 3 nitrogen and oxygen atoms in total. The van der Waals surface area contributed by atoms with E-state index < -0.39 is 0 Å². The van der Waals surface area contributed by atoms with E-state index >= 15 is 0 Å². The molecule has 0 atom stereocenters. The van der Waals surface area contributed by atoms with Crippen molar-refractivity contribution in [3.05, 3.63) is 88.9 Å². The van der Waals surface area contributed by atoms with E-state index in [9.17, 15) is 9.90 Å². The van der Waals surface area contributed by atoms with E-state index in [1.807, 2.05) is 0 Å². The zero-order valence-corrected chi connectivity index (χ0v) is 12.8. The Bertz CT molecular complexity index is 807. The number of carbonyl (C=O) groups is 1. The van der Waals surface area contributed by atoms with Crippen molar-refractivity contribution >= 4 is 17.4 Å². The summed E-state index contributed by atoms with van der Waals surface area (Å²) in [7, 11) is 0. The molecule has 0 saturated carbocycles. The number of hydrogen-bond donors (Lipinski definition) is 1. The molecule has 0 spiro atoms. The summed E-state index contributed by atoms with van der Waals surface area (Å²) in [6.07, 6.45) is 0. The molecule has 0 aliphatic rings. The molecular weight excluding hydrogens is 312 g/mol. The van der Waals surface area contributed by atoms with E-state index in [2.05, 4.69) is 0 Å². The second-order valence-corrected chi connectivity index (χ2v) is 5.39. The number of phenolic OH excluding ortho intramolecular Hbond substituents is 1. The van der Waals surface area contributed by atoms with Crippen LogP contribution in [0.2, 0.25) is 5.02 Å². The number of rotatable bonds is 4. The Hall–Kier alpha value is -2.78. The van der Waals surface area contributed by atoms with Gasteiger partial charge in [-0.3, -0.25) is 4.79 Å². The molecule has 0 aliphatic heterocycles. The van der Waals surface area contributed by atoms with Gasteiger partial charge in [-0.1, -0.05) is 11.6 Å². The van der Waals surface area contributed by atoms with E-state index in [0.29, 0.717) is 27.6 Å². The highest BCUT2D eigenvalue weighted by molar-refractivity contribution is 6.30. The lowest BCUT2D eigenvalue weighted by atomic mass is 10.0. The molecule has 0 heterocycles. The first-order valence-corrected chi connectivity index (χ1v) is 7.37. The predicted molar refractivity (Wildman–Crippen MR) is 89.5 cm³/mol. The third-order valence-corrected chi connectivity index (χ3v) is 3.55. The summed E-state index contributed by atoms with van der Waals surface area (Å²) in [6, 6.07) is 20.1. The van der Waals surface area contributed by atoms with Crippen LogP contribution < -0.4 is 4.74 Å². The third-order valence-electron chi connectivity index (χ3n) is 3.30. The van der Waals surface area contributed by atoms with Crippen LogP contribution in [-0.2, 0) is 0 Å². The molecule has 114 valence electrons.